The fraction of sp³-hybridized carbons (Fsp3) is 0.0526. The summed E-state index contributed by atoms with van der Waals surface area (Å²) in [4.78, 5) is 0. The molecular formula is C19H12Cl4O5S. The number of phenols is 2. The second kappa shape index (κ2) is 7.87. The molecule has 152 valence electrons. The van der Waals surface area contributed by atoms with E-state index in [4.69, 9.17) is 46.4 Å². The predicted octanol–water partition coefficient (Wildman–Crippen LogP) is 5.89. The maximum absolute atomic E-state index is 13.0. The highest BCUT2D eigenvalue weighted by Gasteiger charge is 2.52. The lowest BCUT2D eigenvalue weighted by atomic mass is 9.83. The van der Waals surface area contributed by atoms with Gasteiger partial charge in [-0.3, -0.25) is 4.55 Å². The van der Waals surface area contributed by atoms with E-state index >= 15 is 0 Å². The van der Waals surface area contributed by atoms with Gasteiger partial charge in [-0.2, -0.15) is 8.42 Å². The summed E-state index contributed by atoms with van der Waals surface area (Å²) >= 11 is 25.0. The standard InChI is InChI=1S/C19H12Cl4O5S/c20-10-5-6-16(22)13(7-10)19(29(26,27)28,12-3-1-2-4-15(12)21)14-8-11(24)9-17(25)18(14)23/h1-9,24-25H,(H,26,27,28). The lowest BCUT2D eigenvalue weighted by molar-refractivity contribution is 0.444. The quantitative estimate of drug-likeness (QED) is 0.311. The van der Waals surface area contributed by atoms with Crippen LogP contribution in [-0.4, -0.2) is 23.2 Å². The summed E-state index contributed by atoms with van der Waals surface area (Å²) < 4.78 is 34.0. The maximum atomic E-state index is 13.0. The summed E-state index contributed by atoms with van der Waals surface area (Å²) in [5.41, 5.74) is -0.647. The van der Waals surface area contributed by atoms with E-state index in [-0.39, 0.29) is 31.8 Å². The molecule has 0 bridgehead atoms. The molecule has 5 nitrogen and oxygen atoms in total. The van der Waals surface area contributed by atoms with Crippen LogP contribution in [0.1, 0.15) is 16.7 Å². The summed E-state index contributed by atoms with van der Waals surface area (Å²) in [6.07, 6.45) is 0. The van der Waals surface area contributed by atoms with Crippen LogP contribution >= 0.6 is 46.4 Å². The molecule has 0 saturated heterocycles. The summed E-state index contributed by atoms with van der Waals surface area (Å²) in [6, 6.07) is 11.7. The third-order valence-electron chi connectivity index (χ3n) is 4.37. The molecule has 3 rings (SSSR count). The van der Waals surface area contributed by atoms with Gasteiger partial charge < -0.3 is 10.2 Å². The normalized spacial score (nSPS) is 13.8. The minimum atomic E-state index is -5.14. The van der Waals surface area contributed by atoms with Crippen molar-refractivity contribution in [1.82, 2.24) is 0 Å². The van der Waals surface area contributed by atoms with Gasteiger partial charge in [-0.05, 0) is 30.3 Å². The van der Waals surface area contributed by atoms with Gasteiger partial charge in [0.15, 0.2) is 4.75 Å². The molecule has 0 fully saturated rings. The summed E-state index contributed by atoms with van der Waals surface area (Å²) in [7, 11) is -5.14. The Hall–Kier alpha value is -1.67. The molecule has 0 aromatic heterocycles. The highest BCUT2D eigenvalue weighted by Crippen LogP contribution is 2.52. The molecule has 0 aliphatic rings. The largest absolute Gasteiger partial charge is 0.508 e. The minimum absolute atomic E-state index is 0.0416. The average molecular weight is 494 g/mol. The smallest absolute Gasteiger partial charge is 0.283 e. The Balaban J connectivity index is 2.68. The summed E-state index contributed by atoms with van der Waals surface area (Å²) in [6.45, 7) is 0. The summed E-state index contributed by atoms with van der Waals surface area (Å²) in [5, 5.41) is 19.7. The zero-order valence-electron chi connectivity index (χ0n) is 14.3. The SMILES string of the molecule is O=S(=O)(O)C(c1ccccc1Cl)(c1cc(Cl)ccc1Cl)c1cc(O)cc(O)c1Cl. The number of rotatable bonds is 4. The van der Waals surface area contributed by atoms with Crippen molar-refractivity contribution in [3.8, 4) is 11.5 Å². The van der Waals surface area contributed by atoms with Crippen LogP contribution in [0.4, 0.5) is 0 Å². The van der Waals surface area contributed by atoms with E-state index in [1.807, 2.05) is 0 Å². The zero-order chi connectivity index (χ0) is 21.6. The van der Waals surface area contributed by atoms with Crippen LogP contribution < -0.4 is 0 Å². The van der Waals surface area contributed by atoms with Gasteiger partial charge in [-0.15, -0.1) is 0 Å². The van der Waals surface area contributed by atoms with Crippen molar-refractivity contribution in [2.24, 2.45) is 0 Å². The van der Waals surface area contributed by atoms with Crippen molar-refractivity contribution in [2.45, 2.75) is 4.75 Å². The van der Waals surface area contributed by atoms with Crippen molar-refractivity contribution >= 4 is 56.5 Å². The van der Waals surface area contributed by atoms with Crippen LogP contribution in [0.5, 0.6) is 11.5 Å². The molecule has 3 N–H and O–H groups in total. The first kappa shape index (κ1) is 22.0. The van der Waals surface area contributed by atoms with Crippen molar-refractivity contribution in [3.63, 3.8) is 0 Å². The maximum Gasteiger partial charge on any atom is 0.283 e. The molecule has 0 spiro atoms. The molecule has 1 atom stereocenters. The van der Waals surface area contributed by atoms with Crippen LogP contribution in [0, 0.1) is 0 Å². The van der Waals surface area contributed by atoms with Crippen LogP contribution in [0.25, 0.3) is 0 Å². The van der Waals surface area contributed by atoms with Gasteiger partial charge in [0.05, 0.1) is 5.02 Å². The number of phenolic OH excluding ortho intramolecular Hbond substituents is 2. The highest BCUT2D eigenvalue weighted by molar-refractivity contribution is 7.87. The fourth-order valence-electron chi connectivity index (χ4n) is 3.22. The molecular weight excluding hydrogens is 482 g/mol. The van der Waals surface area contributed by atoms with Gasteiger partial charge in [-0.1, -0.05) is 64.6 Å². The van der Waals surface area contributed by atoms with Gasteiger partial charge >= 0.3 is 0 Å². The number of aromatic hydroxyl groups is 2. The Labute approximate surface area is 186 Å². The van der Waals surface area contributed by atoms with E-state index < -0.39 is 31.4 Å². The number of hydrogen-bond donors (Lipinski definition) is 3. The second-order valence-electron chi connectivity index (χ2n) is 6.09. The molecule has 0 aliphatic carbocycles. The van der Waals surface area contributed by atoms with Crippen molar-refractivity contribution in [2.75, 3.05) is 0 Å². The number of benzene rings is 3. The van der Waals surface area contributed by atoms with E-state index in [0.717, 1.165) is 12.1 Å². The van der Waals surface area contributed by atoms with Crippen molar-refractivity contribution in [1.29, 1.82) is 0 Å². The Morgan fingerprint density at radius 3 is 2.00 bits per heavy atom. The van der Waals surface area contributed by atoms with Crippen LogP contribution in [-0.2, 0) is 14.9 Å². The summed E-state index contributed by atoms with van der Waals surface area (Å²) in [5.74, 6) is -1.11. The molecule has 0 heterocycles. The Morgan fingerprint density at radius 1 is 0.759 bits per heavy atom. The average Bonchev–Trinajstić information content (AvgIpc) is 2.62. The highest BCUT2D eigenvalue weighted by atomic mass is 35.5. The first-order chi connectivity index (χ1) is 13.5. The van der Waals surface area contributed by atoms with Gasteiger partial charge in [0, 0.05) is 37.8 Å². The van der Waals surface area contributed by atoms with Crippen molar-refractivity contribution in [3.05, 3.63) is 91.4 Å². The van der Waals surface area contributed by atoms with E-state index in [1.165, 1.54) is 36.4 Å². The topological polar surface area (TPSA) is 94.8 Å². The van der Waals surface area contributed by atoms with E-state index in [0.29, 0.717) is 0 Å². The molecule has 0 aliphatic heterocycles. The fourth-order valence-corrected chi connectivity index (χ4v) is 5.69. The lowest BCUT2D eigenvalue weighted by Gasteiger charge is -2.34. The molecule has 0 amide bonds. The monoisotopic (exact) mass is 492 g/mol. The van der Waals surface area contributed by atoms with Crippen LogP contribution in [0.3, 0.4) is 0 Å². The first-order valence-electron chi connectivity index (χ1n) is 7.89. The molecule has 29 heavy (non-hydrogen) atoms. The Bertz CT molecular complexity index is 1210. The molecule has 3 aromatic rings. The first-order valence-corrected chi connectivity index (χ1v) is 10.8. The van der Waals surface area contributed by atoms with E-state index in [9.17, 15) is 23.2 Å². The lowest BCUT2D eigenvalue weighted by Crippen LogP contribution is -2.39. The third-order valence-corrected chi connectivity index (χ3v) is 7.09. The number of halogens is 4. The van der Waals surface area contributed by atoms with Crippen LogP contribution in [0.15, 0.2) is 54.6 Å². The van der Waals surface area contributed by atoms with E-state index in [2.05, 4.69) is 0 Å². The molecule has 3 aromatic carbocycles. The zero-order valence-corrected chi connectivity index (χ0v) is 18.1. The van der Waals surface area contributed by atoms with Gasteiger partial charge in [-0.25, -0.2) is 0 Å². The Kier molecular flexibility index (Phi) is 5.98. The van der Waals surface area contributed by atoms with Crippen LogP contribution in [0.2, 0.25) is 20.1 Å². The van der Waals surface area contributed by atoms with Gasteiger partial charge in [0.25, 0.3) is 10.1 Å². The van der Waals surface area contributed by atoms with Crippen molar-refractivity contribution < 1.29 is 23.2 Å². The minimum Gasteiger partial charge on any atom is -0.508 e. The second-order valence-corrected chi connectivity index (χ2v) is 9.28. The predicted molar refractivity (Wildman–Crippen MR) is 114 cm³/mol. The molecule has 10 heteroatoms. The molecule has 1 unspecified atom stereocenters. The molecule has 0 saturated carbocycles. The third kappa shape index (κ3) is 3.65. The molecule has 0 radical (unpaired) electrons. The number of hydrogen-bond acceptors (Lipinski definition) is 4. The van der Waals surface area contributed by atoms with Gasteiger partial charge in [0.1, 0.15) is 11.5 Å². The Morgan fingerprint density at radius 2 is 1.38 bits per heavy atom. The van der Waals surface area contributed by atoms with Gasteiger partial charge in [0.2, 0.25) is 0 Å². The van der Waals surface area contributed by atoms with E-state index in [1.54, 1.807) is 6.07 Å².